The molecule has 0 saturated carbocycles. The summed E-state index contributed by atoms with van der Waals surface area (Å²) in [4.78, 5) is 12.0. The number of halogens is 1. The SMILES string of the molecule is CCOc1ccccc1Nc1nnc(SCCC(=O)Nc2ccccc2F)s1. The summed E-state index contributed by atoms with van der Waals surface area (Å²) in [6.45, 7) is 2.50. The molecule has 0 fully saturated rings. The van der Waals surface area contributed by atoms with Crippen LogP contribution in [0, 0.1) is 5.82 Å². The Morgan fingerprint density at radius 1 is 1.14 bits per heavy atom. The molecule has 0 radical (unpaired) electrons. The predicted molar refractivity (Wildman–Crippen MR) is 111 cm³/mol. The number of hydrogen-bond acceptors (Lipinski definition) is 7. The molecule has 0 aliphatic rings. The van der Waals surface area contributed by atoms with E-state index in [2.05, 4.69) is 20.8 Å². The number of hydrogen-bond donors (Lipinski definition) is 2. The Morgan fingerprint density at radius 3 is 2.68 bits per heavy atom. The highest BCUT2D eigenvalue weighted by atomic mass is 32.2. The van der Waals surface area contributed by atoms with E-state index < -0.39 is 5.82 Å². The van der Waals surface area contributed by atoms with Crippen LogP contribution in [-0.4, -0.2) is 28.5 Å². The number of rotatable bonds is 9. The van der Waals surface area contributed by atoms with E-state index in [0.717, 1.165) is 15.8 Å². The van der Waals surface area contributed by atoms with E-state index in [1.807, 2.05) is 31.2 Å². The molecular weight excluding hydrogens is 399 g/mol. The average molecular weight is 419 g/mol. The number of carbonyl (C=O) groups is 1. The highest BCUT2D eigenvalue weighted by Crippen LogP contribution is 2.31. The summed E-state index contributed by atoms with van der Waals surface area (Å²) in [5.41, 5.74) is 1.01. The number of nitrogens with one attached hydrogen (secondary N) is 2. The van der Waals surface area contributed by atoms with Gasteiger partial charge in [-0.1, -0.05) is 47.4 Å². The van der Waals surface area contributed by atoms with Crippen LogP contribution in [0.25, 0.3) is 0 Å². The van der Waals surface area contributed by atoms with E-state index in [1.54, 1.807) is 12.1 Å². The molecule has 0 atom stereocenters. The second-order valence-corrected chi connectivity index (χ2v) is 7.87. The number of amides is 1. The first-order chi connectivity index (χ1) is 13.7. The Hall–Kier alpha value is -2.65. The van der Waals surface area contributed by atoms with Crippen LogP contribution in [0.2, 0.25) is 0 Å². The molecule has 1 aromatic heterocycles. The molecule has 0 spiro atoms. The monoisotopic (exact) mass is 418 g/mol. The minimum absolute atomic E-state index is 0.188. The summed E-state index contributed by atoms with van der Waals surface area (Å²) in [6.07, 6.45) is 0.245. The first-order valence-corrected chi connectivity index (χ1v) is 10.5. The maximum absolute atomic E-state index is 13.5. The van der Waals surface area contributed by atoms with Crippen LogP contribution in [0.4, 0.5) is 20.9 Å². The number of thioether (sulfide) groups is 1. The predicted octanol–water partition coefficient (Wildman–Crippen LogP) is 4.94. The average Bonchev–Trinajstić information content (AvgIpc) is 3.13. The van der Waals surface area contributed by atoms with E-state index >= 15 is 0 Å². The van der Waals surface area contributed by atoms with Crippen LogP contribution in [0.15, 0.2) is 52.9 Å². The minimum atomic E-state index is -0.448. The molecule has 2 aromatic carbocycles. The molecule has 0 unspecified atom stereocenters. The second kappa shape index (κ2) is 10.0. The van der Waals surface area contributed by atoms with Gasteiger partial charge >= 0.3 is 0 Å². The Labute approximate surface area is 170 Å². The van der Waals surface area contributed by atoms with E-state index in [-0.39, 0.29) is 18.0 Å². The molecule has 0 aliphatic heterocycles. The number of para-hydroxylation sites is 3. The second-order valence-electron chi connectivity index (χ2n) is 5.55. The van der Waals surface area contributed by atoms with Gasteiger partial charge in [0.1, 0.15) is 11.6 Å². The van der Waals surface area contributed by atoms with Gasteiger partial charge in [0, 0.05) is 12.2 Å². The van der Waals surface area contributed by atoms with Crippen molar-refractivity contribution in [3.63, 3.8) is 0 Å². The number of benzene rings is 2. The van der Waals surface area contributed by atoms with Crippen LogP contribution < -0.4 is 15.4 Å². The van der Waals surface area contributed by atoms with Crippen molar-refractivity contribution in [1.29, 1.82) is 0 Å². The normalized spacial score (nSPS) is 10.5. The lowest BCUT2D eigenvalue weighted by molar-refractivity contribution is -0.115. The number of nitrogens with zero attached hydrogens (tertiary/aromatic N) is 2. The van der Waals surface area contributed by atoms with Crippen molar-refractivity contribution >= 4 is 45.5 Å². The van der Waals surface area contributed by atoms with Crippen LogP contribution in [0.1, 0.15) is 13.3 Å². The van der Waals surface area contributed by atoms with Crippen molar-refractivity contribution in [3.8, 4) is 5.75 Å². The van der Waals surface area contributed by atoms with Crippen molar-refractivity contribution in [2.75, 3.05) is 23.0 Å². The van der Waals surface area contributed by atoms with E-state index in [0.29, 0.717) is 17.5 Å². The highest BCUT2D eigenvalue weighted by molar-refractivity contribution is 8.01. The summed E-state index contributed by atoms with van der Waals surface area (Å²) in [5.74, 6) is 0.575. The van der Waals surface area contributed by atoms with Crippen LogP contribution in [0.3, 0.4) is 0 Å². The summed E-state index contributed by atoms with van der Waals surface area (Å²) in [7, 11) is 0. The quantitative estimate of drug-likeness (QED) is 0.479. The van der Waals surface area contributed by atoms with Gasteiger partial charge in [-0.15, -0.1) is 10.2 Å². The molecule has 1 heterocycles. The fourth-order valence-corrected chi connectivity index (χ4v) is 4.06. The van der Waals surface area contributed by atoms with Gasteiger partial charge in [0.2, 0.25) is 11.0 Å². The lowest BCUT2D eigenvalue weighted by Gasteiger charge is -2.09. The number of ether oxygens (including phenoxy) is 1. The van der Waals surface area contributed by atoms with Gasteiger partial charge in [-0.25, -0.2) is 4.39 Å². The smallest absolute Gasteiger partial charge is 0.225 e. The van der Waals surface area contributed by atoms with Crippen LogP contribution in [-0.2, 0) is 4.79 Å². The lowest BCUT2D eigenvalue weighted by Crippen LogP contribution is -2.13. The Bertz CT molecular complexity index is 936. The highest BCUT2D eigenvalue weighted by Gasteiger charge is 2.10. The largest absolute Gasteiger partial charge is 0.492 e. The van der Waals surface area contributed by atoms with Crippen molar-refractivity contribution in [1.82, 2.24) is 10.2 Å². The van der Waals surface area contributed by atoms with Gasteiger partial charge in [-0.05, 0) is 31.2 Å². The molecule has 28 heavy (non-hydrogen) atoms. The Kier molecular flexibility index (Phi) is 7.21. The Morgan fingerprint density at radius 2 is 1.89 bits per heavy atom. The molecule has 2 N–H and O–H groups in total. The molecule has 0 aliphatic carbocycles. The first kappa shape index (κ1) is 20.1. The molecule has 3 aromatic rings. The molecule has 1 amide bonds. The third kappa shape index (κ3) is 5.67. The minimum Gasteiger partial charge on any atom is -0.492 e. The van der Waals surface area contributed by atoms with Crippen LogP contribution in [0.5, 0.6) is 5.75 Å². The fourth-order valence-electron chi connectivity index (χ4n) is 2.29. The van der Waals surface area contributed by atoms with Crippen molar-refractivity contribution in [2.45, 2.75) is 17.7 Å². The molecule has 0 saturated heterocycles. The van der Waals surface area contributed by atoms with Gasteiger partial charge in [-0.3, -0.25) is 4.79 Å². The van der Waals surface area contributed by atoms with Gasteiger partial charge < -0.3 is 15.4 Å². The van der Waals surface area contributed by atoms with Crippen molar-refractivity contribution in [2.24, 2.45) is 0 Å². The summed E-state index contributed by atoms with van der Waals surface area (Å²) in [5, 5.41) is 14.7. The van der Waals surface area contributed by atoms with Gasteiger partial charge in [0.05, 0.1) is 18.0 Å². The first-order valence-electron chi connectivity index (χ1n) is 8.65. The lowest BCUT2D eigenvalue weighted by atomic mass is 10.3. The zero-order valence-corrected chi connectivity index (χ0v) is 16.8. The number of anilines is 3. The summed E-state index contributed by atoms with van der Waals surface area (Å²) >= 11 is 2.82. The molecule has 146 valence electrons. The molecule has 3 rings (SSSR count). The van der Waals surface area contributed by atoms with Gasteiger partial charge in [0.25, 0.3) is 0 Å². The molecule has 6 nitrogen and oxygen atoms in total. The van der Waals surface area contributed by atoms with Gasteiger partial charge in [-0.2, -0.15) is 0 Å². The maximum atomic E-state index is 13.5. The van der Waals surface area contributed by atoms with Crippen molar-refractivity contribution in [3.05, 3.63) is 54.3 Å². The van der Waals surface area contributed by atoms with E-state index in [9.17, 15) is 9.18 Å². The number of aromatic nitrogens is 2. The zero-order valence-electron chi connectivity index (χ0n) is 15.1. The summed E-state index contributed by atoms with van der Waals surface area (Å²) in [6, 6.07) is 13.7. The van der Waals surface area contributed by atoms with Gasteiger partial charge in [0.15, 0.2) is 4.34 Å². The summed E-state index contributed by atoms with van der Waals surface area (Å²) < 4.78 is 19.9. The topological polar surface area (TPSA) is 76.1 Å². The van der Waals surface area contributed by atoms with E-state index in [1.165, 1.54) is 35.2 Å². The third-order valence-corrected chi connectivity index (χ3v) is 5.51. The zero-order chi connectivity index (χ0) is 19.8. The maximum Gasteiger partial charge on any atom is 0.225 e. The standard InChI is InChI=1S/C19H19FN4O2S2/c1-2-26-16-10-6-5-9-15(16)22-18-23-24-19(28-18)27-12-11-17(25)21-14-8-4-3-7-13(14)20/h3-10H,2,11-12H2,1H3,(H,21,25)(H,22,23). The third-order valence-electron chi connectivity index (χ3n) is 3.54. The molecular formula is C19H19FN4O2S2. The Balaban J connectivity index is 1.49. The fraction of sp³-hybridized carbons (Fsp3) is 0.211. The van der Waals surface area contributed by atoms with Crippen molar-refractivity contribution < 1.29 is 13.9 Å². The molecule has 9 heteroatoms. The number of carbonyl (C=O) groups excluding carboxylic acids is 1. The van der Waals surface area contributed by atoms with Crippen LogP contribution >= 0.6 is 23.1 Å². The van der Waals surface area contributed by atoms with E-state index in [4.69, 9.17) is 4.74 Å². The molecule has 0 bridgehead atoms.